The van der Waals surface area contributed by atoms with Gasteiger partial charge in [-0.2, -0.15) is 13.2 Å². The van der Waals surface area contributed by atoms with E-state index in [0.717, 1.165) is 4.57 Å². The van der Waals surface area contributed by atoms with Gasteiger partial charge in [0, 0.05) is 32.4 Å². The standard InChI is InChI=1S/C11H14F3N3O2/c1-16-6-7(8(18)17(2)9(16)19)5-15-10(3-4-10)11(12,13)14/h6,15H,3-5H2,1-2H3. The molecule has 0 atom stereocenters. The van der Waals surface area contributed by atoms with E-state index in [1.807, 2.05) is 0 Å². The lowest BCUT2D eigenvalue weighted by molar-refractivity contribution is -0.166. The van der Waals surface area contributed by atoms with Gasteiger partial charge >= 0.3 is 11.9 Å². The zero-order valence-electron chi connectivity index (χ0n) is 10.5. The molecule has 0 aromatic carbocycles. The number of rotatable bonds is 3. The van der Waals surface area contributed by atoms with Gasteiger partial charge in [-0.05, 0) is 12.8 Å². The average Bonchev–Trinajstić information content (AvgIpc) is 3.10. The van der Waals surface area contributed by atoms with Crippen LogP contribution >= 0.6 is 0 Å². The van der Waals surface area contributed by atoms with Gasteiger partial charge in [-0.15, -0.1) is 0 Å². The van der Waals surface area contributed by atoms with Gasteiger partial charge in [0.1, 0.15) is 5.54 Å². The summed E-state index contributed by atoms with van der Waals surface area (Å²) in [5.74, 6) is 0. The number of nitrogens with zero attached hydrogens (tertiary/aromatic N) is 2. The highest BCUT2D eigenvalue weighted by molar-refractivity contribution is 5.12. The van der Waals surface area contributed by atoms with Crippen LogP contribution in [0.25, 0.3) is 0 Å². The molecule has 1 aliphatic carbocycles. The topological polar surface area (TPSA) is 56.0 Å². The largest absolute Gasteiger partial charge is 0.406 e. The second-order valence-electron chi connectivity index (χ2n) is 4.85. The number of hydrogen-bond donors (Lipinski definition) is 1. The van der Waals surface area contributed by atoms with E-state index in [1.54, 1.807) is 0 Å². The van der Waals surface area contributed by atoms with Gasteiger partial charge in [0.05, 0.1) is 0 Å². The summed E-state index contributed by atoms with van der Waals surface area (Å²) in [6.07, 6.45) is -3.02. The number of nitrogens with one attached hydrogen (secondary N) is 1. The quantitative estimate of drug-likeness (QED) is 0.862. The molecule has 5 nitrogen and oxygen atoms in total. The Morgan fingerprint density at radius 1 is 1.32 bits per heavy atom. The molecule has 1 aromatic heterocycles. The summed E-state index contributed by atoms with van der Waals surface area (Å²) in [6, 6.07) is 0. The first-order chi connectivity index (χ1) is 8.68. The molecule has 106 valence electrons. The van der Waals surface area contributed by atoms with Crippen molar-refractivity contribution in [3.63, 3.8) is 0 Å². The van der Waals surface area contributed by atoms with Crippen LogP contribution in [-0.4, -0.2) is 20.8 Å². The highest BCUT2D eigenvalue weighted by atomic mass is 19.4. The molecule has 1 heterocycles. The van der Waals surface area contributed by atoms with Crippen LogP contribution in [0.2, 0.25) is 0 Å². The van der Waals surface area contributed by atoms with Crippen LogP contribution in [0.5, 0.6) is 0 Å². The number of aryl methyl sites for hydroxylation is 1. The molecule has 1 saturated carbocycles. The molecule has 1 aromatic rings. The van der Waals surface area contributed by atoms with Crippen LogP contribution in [-0.2, 0) is 20.6 Å². The van der Waals surface area contributed by atoms with Crippen molar-refractivity contribution < 1.29 is 13.2 Å². The Bertz CT molecular complexity index is 611. The maximum atomic E-state index is 12.7. The molecule has 19 heavy (non-hydrogen) atoms. The van der Waals surface area contributed by atoms with E-state index < -0.39 is 23.0 Å². The summed E-state index contributed by atoms with van der Waals surface area (Å²) in [5, 5.41) is 2.39. The zero-order valence-corrected chi connectivity index (χ0v) is 10.5. The number of alkyl halides is 3. The van der Waals surface area contributed by atoms with Gasteiger partial charge in [-0.1, -0.05) is 0 Å². The number of halogens is 3. The van der Waals surface area contributed by atoms with Crippen molar-refractivity contribution in [3.05, 3.63) is 32.6 Å². The van der Waals surface area contributed by atoms with Crippen molar-refractivity contribution in [1.29, 1.82) is 0 Å². The summed E-state index contributed by atoms with van der Waals surface area (Å²) in [6.45, 7) is -0.208. The van der Waals surface area contributed by atoms with E-state index in [9.17, 15) is 22.8 Å². The van der Waals surface area contributed by atoms with E-state index in [0.29, 0.717) is 0 Å². The van der Waals surface area contributed by atoms with Crippen LogP contribution < -0.4 is 16.6 Å². The Hall–Kier alpha value is -1.57. The third-order valence-electron chi connectivity index (χ3n) is 3.43. The lowest BCUT2D eigenvalue weighted by atomic mass is 10.2. The zero-order chi connectivity index (χ0) is 14.4. The summed E-state index contributed by atoms with van der Waals surface area (Å²) in [5.41, 5.74) is -2.81. The summed E-state index contributed by atoms with van der Waals surface area (Å²) < 4.78 is 40.2. The van der Waals surface area contributed by atoms with E-state index in [-0.39, 0.29) is 24.9 Å². The molecule has 8 heteroatoms. The predicted molar refractivity (Wildman–Crippen MR) is 61.8 cm³/mol. The molecule has 0 aliphatic heterocycles. The smallest absolute Gasteiger partial charge is 0.303 e. The molecule has 0 bridgehead atoms. The molecule has 0 saturated heterocycles. The highest BCUT2D eigenvalue weighted by Gasteiger charge is 2.62. The summed E-state index contributed by atoms with van der Waals surface area (Å²) >= 11 is 0. The van der Waals surface area contributed by atoms with Crippen molar-refractivity contribution in [3.8, 4) is 0 Å². The lowest BCUT2D eigenvalue weighted by Gasteiger charge is -2.20. The van der Waals surface area contributed by atoms with Crippen LogP contribution in [0.1, 0.15) is 18.4 Å². The van der Waals surface area contributed by atoms with Crippen molar-refractivity contribution in [2.24, 2.45) is 14.1 Å². The SMILES string of the molecule is Cn1cc(CNC2(C(F)(F)F)CC2)c(=O)n(C)c1=O. The van der Waals surface area contributed by atoms with Gasteiger partial charge in [0.25, 0.3) is 5.56 Å². The van der Waals surface area contributed by atoms with Crippen LogP contribution in [0.4, 0.5) is 13.2 Å². The lowest BCUT2D eigenvalue weighted by Crippen LogP contribution is -2.46. The molecule has 0 radical (unpaired) electrons. The summed E-state index contributed by atoms with van der Waals surface area (Å²) in [4.78, 5) is 23.2. The summed E-state index contributed by atoms with van der Waals surface area (Å²) in [7, 11) is 2.74. The fraction of sp³-hybridized carbons (Fsp3) is 0.636. The Kier molecular flexibility index (Phi) is 3.08. The minimum Gasteiger partial charge on any atom is -0.303 e. The average molecular weight is 277 g/mol. The molecule has 1 fully saturated rings. The number of hydrogen-bond acceptors (Lipinski definition) is 3. The van der Waals surface area contributed by atoms with Crippen molar-refractivity contribution in [2.75, 3.05) is 0 Å². The van der Waals surface area contributed by atoms with Crippen LogP contribution in [0, 0.1) is 0 Å². The Morgan fingerprint density at radius 2 is 1.89 bits per heavy atom. The van der Waals surface area contributed by atoms with E-state index >= 15 is 0 Å². The fourth-order valence-electron chi connectivity index (χ4n) is 1.95. The van der Waals surface area contributed by atoms with Gasteiger partial charge in [0.15, 0.2) is 0 Å². The van der Waals surface area contributed by atoms with Crippen molar-refractivity contribution in [1.82, 2.24) is 14.5 Å². The second-order valence-corrected chi connectivity index (χ2v) is 4.85. The normalized spacial score (nSPS) is 17.5. The fourth-order valence-corrected chi connectivity index (χ4v) is 1.95. The second kappa shape index (κ2) is 4.22. The molecule has 1 aliphatic rings. The van der Waals surface area contributed by atoms with Gasteiger partial charge in [0.2, 0.25) is 0 Å². The Balaban J connectivity index is 2.23. The third-order valence-corrected chi connectivity index (χ3v) is 3.43. The van der Waals surface area contributed by atoms with Gasteiger partial charge in [-0.25, -0.2) is 4.79 Å². The van der Waals surface area contributed by atoms with Crippen molar-refractivity contribution >= 4 is 0 Å². The highest BCUT2D eigenvalue weighted by Crippen LogP contribution is 2.48. The Morgan fingerprint density at radius 3 is 2.37 bits per heavy atom. The molecule has 1 N–H and O–H groups in total. The third kappa shape index (κ3) is 2.32. The van der Waals surface area contributed by atoms with E-state index in [4.69, 9.17) is 0 Å². The maximum Gasteiger partial charge on any atom is 0.406 e. The minimum atomic E-state index is -4.32. The predicted octanol–water partition coefficient (Wildman–Crippen LogP) is 0.268. The first-order valence-electron chi connectivity index (χ1n) is 5.75. The molecule has 0 spiro atoms. The monoisotopic (exact) mass is 277 g/mol. The molecule has 2 rings (SSSR count). The molecular weight excluding hydrogens is 263 g/mol. The van der Waals surface area contributed by atoms with Crippen molar-refractivity contribution in [2.45, 2.75) is 31.1 Å². The first-order valence-corrected chi connectivity index (χ1v) is 5.75. The maximum absolute atomic E-state index is 12.7. The van der Waals surface area contributed by atoms with E-state index in [2.05, 4.69) is 5.32 Å². The van der Waals surface area contributed by atoms with E-state index in [1.165, 1.54) is 24.9 Å². The minimum absolute atomic E-state index is 0.0164. The number of aromatic nitrogens is 2. The van der Waals surface area contributed by atoms with Crippen LogP contribution in [0.3, 0.4) is 0 Å². The molecular formula is C11H14F3N3O2. The first kappa shape index (κ1) is 13.9. The molecule has 0 amide bonds. The van der Waals surface area contributed by atoms with Gasteiger partial charge in [-0.3, -0.25) is 14.7 Å². The van der Waals surface area contributed by atoms with Crippen LogP contribution in [0.15, 0.2) is 15.8 Å². The molecule has 0 unspecified atom stereocenters. The Labute approximate surface area is 106 Å². The van der Waals surface area contributed by atoms with Gasteiger partial charge < -0.3 is 4.57 Å².